The van der Waals surface area contributed by atoms with Gasteiger partial charge in [-0.25, -0.2) is 14.6 Å². The third kappa shape index (κ3) is 4.75. The molecular formula is C13H21N5O3. The molecule has 1 unspecified atom stereocenters. The molecule has 0 radical (unpaired) electrons. The summed E-state index contributed by atoms with van der Waals surface area (Å²) in [6.07, 6.45) is 4.00. The van der Waals surface area contributed by atoms with Gasteiger partial charge >= 0.3 is 12.0 Å². The fourth-order valence-electron chi connectivity index (χ4n) is 2.38. The zero-order valence-electron chi connectivity index (χ0n) is 12.1. The van der Waals surface area contributed by atoms with Gasteiger partial charge in [0.15, 0.2) is 5.69 Å². The molecule has 3 N–H and O–H groups in total. The predicted molar refractivity (Wildman–Crippen MR) is 76.2 cm³/mol. The molecule has 1 fully saturated rings. The molecule has 8 heteroatoms. The summed E-state index contributed by atoms with van der Waals surface area (Å²) in [5.41, 5.74) is 0.00445. The van der Waals surface area contributed by atoms with Crippen molar-refractivity contribution in [3.8, 4) is 0 Å². The van der Waals surface area contributed by atoms with Gasteiger partial charge in [0, 0.05) is 32.4 Å². The van der Waals surface area contributed by atoms with Gasteiger partial charge in [-0.1, -0.05) is 0 Å². The van der Waals surface area contributed by atoms with E-state index in [1.54, 1.807) is 4.57 Å². The Hall–Kier alpha value is -2.09. The van der Waals surface area contributed by atoms with Crippen LogP contribution in [0, 0.1) is 5.92 Å². The van der Waals surface area contributed by atoms with Crippen LogP contribution in [0.2, 0.25) is 0 Å². The molecule has 8 nitrogen and oxygen atoms in total. The minimum absolute atomic E-state index is 0.00445. The minimum Gasteiger partial charge on any atom is -0.476 e. The van der Waals surface area contributed by atoms with Gasteiger partial charge in [0.2, 0.25) is 0 Å². The van der Waals surface area contributed by atoms with Gasteiger partial charge in [0.05, 0.1) is 6.33 Å². The second kappa shape index (κ2) is 7.07. The van der Waals surface area contributed by atoms with Crippen molar-refractivity contribution in [1.82, 2.24) is 25.1 Å². The van der Waals surface area contributed by atoms with Crippen LogP contribution < -0.4 is 10.6 Å². The molecule has 0 bridgehead atoms. The van der Waals surface area contributed by atoms with E-state index in [2.05, 4.69) is 27.6 Å². The van der Waals surface area contributed by atoms with Crippen LogP contribution in [0.5, 0.6) is 0 Å². The molecule has 1 aromatic rings. The highest BCUT2D eigenvalue weighted by Gasteiger charge is 2.19. The molecule has 0 aliphatic carbocycles. The second-order valence-corrected chi connectivity index (χ2v) is 5.36. The van der Waals surface area contributed by atoms with Crippen LogP contribution in [0.4, 0.5) is 4.79 Å². The van der Waals surface area contributed by atoms with E-state index < -0.39 is 5.97 Å². The summed E-state index contributed by atoms with van der Waals surface area (Å²) in [5, 5.41) is 14.3. The molecule has 0 aromatic carbocycles. The topological polar surface area (TPSA) is 99.5 Å². The number of urea groups is 1. The third-order valence-electron chi connectivity index (χ3n) is 3.55. The molecule has 0 spiro atoms. The van der Waals surface area contributed by atoms with Gasteiger partial charge in [-0.2, -0.15) is 0 Å². The SMILES string of the molecule is CN1CCC(CNC(=O)NCCn2cnc(C(=O)O)c2)C1. The van der Waals surface area contributed by atoms with Crippen LogP contribution in [0.3, 0.4) is 0 Å². The van der Waals surface area contributed by atoms with E-state index in [0.717, 1.165) is 19.5 Å². The summed E-state index contributed by atoms with van der Waals surface area (Å²) in [4.78, 5) is 28.3. The monoisotopic (exact) mass is 295 g/mol. The number of aromatic nitrogens is 2. The fourth-order valence-corrected chi connectivity index (χ4v) is 2.38. The summed E-state index contributed by atoms with van der Waals surface area (Å²) in [5.74, 6) is -0.534. The van der Waals surface area contributed by atoms with Crippen molar-refractivity contribution < 1.29 is 14.7 Å². The number of nitrogens with one attached hydrogen (secondary N) is 2. The van der Waals surface area contributed by atoms with E-state index in [1.165, 1.54) is 12.5 Å². The highest BCUT2D eigenvalue weighted by atomic mass is 16.4. The summed E-state index contributed by atoms with van der Waals surface area (Å²) >= 11 is 0. The van der Waals surface area contributed by atoms with Crippen LogP contribution in [-0.2, 0) is 6.54 Å². The number of rotatable bonds is 6. The first-order valence-electron chi connectivity index (χ1n) is 7.00. The van der Waals surface area contributed by atoms with Crippen molar-refractivity contribution >= 4 is 12.0 Å². The van der Waals surface area contributed by atoms with Gasteiger partial charge < -0.3 is 25.2 Å². The molecule has 2 heterocycles. The summed E-state index contributed by atoms with van der Waals surface area (Å²) < 4.78 is 1.63. The minimum atomic E-state index is -1.05. The quantitative estimate of drug-likeness (QED) is 0.677. The summed E-state index contributed by atoms with van der Waals surface area (Å²) in [6.45, 7) is 3.70. The number of nitrogens with zero attached hydrogens (tertiary/aromatic N) is 3. The zero-order chi connectivity index (χ0) is 15.2. The van der Waals surface area contributed by atoms with Crippen LogP contribution in [-0.4, -0.2) is 64.8 Å². The van der Waals surface area contributed by atoms with E-state index in [-0.39, 0.29) is 11.7 Å². The lowest BCUT2D eigenvalue weighted by molar-refractivity contribution is 0.0691. The van der Waals surface area contributed by atoms with Crippen molar-refractivity contribution in [2.24, 2.45) is 5.92 Å². The van der Waals surface area contributed by atoms with E-state index >= 15 is 0 Å². The van der Waals surface area contributed by atoms with E-state index in [0.29, 0.717) is 25.6 Å². The maximum Gasteiger partial charge on any atom is 0.356 e. The number of amides is 2. The van der Waals surface area contributed by atoms with E-state index in [4.69, 9.17) is 5.11 Å². The molecule has 0 saturated carbocycles. The number of carbonyl (C=O) groups is 2. The standard InChI is InChI=1S/C13H21N5O3/c1-17-4-2-10(7-17)6-15-13(21)14-3-5-18-8-11(12(19)20)16-9-18/h8-10H,2-7H2,1H3,(H,19,20)(H2,14,15,21). The Morgan fingerprint density at radius 1 is 1.48 bits per heavy atom. The van der Waals surface area contributed by atoms with Gasteiger partial charge in [-0.15, -0.1) is 0 Å². The van der Waals surface area contributed by atoms with Gasteiger partial charge in [0.25, 0.3) is 0 Å². The van der Waals surface area contributed by atoms with Gasteiger partial charge in [-0.05, 0) is 25.9 Å². The maximum atomic E-state index is 11.6. The van der Waals surface area contributed by atoms with Crippen molar-refractivity contribution in [2.75, 3.05) is 33.2 Å². The van der Waals surface area contributed by atoms with E-state index in [1.807, 2.05) is 0 Å². The normalized spacial score (nSPS) is 18.6. The molecule has 1 atom stereocenters. The van der Waals surface area contributed by atoms with E-state index in [9.17, 15) is 9.59 Å². The Morgan fingerprint density at radius 2 is 2.29 bits per heavy atom. The number of hydrogen-bond acceptors (Lipinski definition) is 4. The fraction of sp³-hybridized carbons (Fsp3) is 0.615. The highest BCUT2D eigenvalue weighted by molar-refractivity contribution is 5.84. The van der Waals surface area contributed by atoms with Crippen molar-refractivity contribution in [3.63, 3.8) is 0 Å². The number of hydrogen-bond donors (Lipinski definition) is 3. The lowest BCUT2D eigenvalue weighted by Gasteiger charge is -2.12. The van der Waals surface area contributed by atoms with Crippen LogP contribution in [0.1, 0.15) is 16.9 Å². The first kappa shape index (κ1) is 15.3. The van der Waals surface area contributed by atoms with Crippen molar-refractivity contribution in [1.29, 1.82) is 0 Å². The number of carbonyl (C=O) groups excluding carboxylic acids is 1. The number of carboxylic acid groups (broad SMARTS) is 1. The van der Waals surface area contributed by atoms with Crippen LogP contribution in [0.25, 0.3) is 0 Å². The third-order valence-corrected chi connectivity index (χ3v) is 3.55. The molecular weight excluding hydrogens is 274 g/mol. The average molecular weight is 295 g/mol. The largest absolute Gasteiger partial charge is 0.476 e. The molecule has 21 heavy (non-hydrogen) atoms. The molecule has 2 rings (SSSR count). The Kier molecular flexibility index (Phi) is 5.15. The van der Waals surface area contributed by atoms with Crippen molar-refractivity contribution in [3.05, 3.63) is 18.2 Å². The van der Waals surface area contributed by atoms with Crippen LogP contribution >= 0.6 is 0 Å². The molecule has 1 aliphatic rings. The first-order chi connectivity index (χ1) is 10.0. The molecule has 2 amide bonds. The Morgan fingerprint density at radius 3 is 2.90 bits per heavy atom. The average Bonchev–Trinajstić information content (AvgIpc) is 3.05. The molecule has 1 aromatic heterocycles. The summed E-state index contributed by atoms with van der Waals surface area (Å²) in [6, 6.07) is -0.192. The van der Waals surface area contributed by atoms with Gasteiger partial charge in [0.1, 0.15) is 0 Å². The highest BCUT2D eigenvalue weighted by Crippen LogP contribution is 2.12. The Bertz CT molecular complexity index is 502. The summed E-state index contributed by atoms with van der Waals surface area (Å²) in [7, 11) is 2.08. The second-order valence-electron chi connectivity index (χ2n) is 5.36. The van der Waals surface area contributed by atoms with Gasteiger partial charge in [-0.3, -0.25) is 0 Å². The Labute approximate surface area is 123 Å². The molecule has 1 saturated heterocycles. The predicted octanol–water partition coefficient (Wildman–Crippen LogP) is -0.168. The molecule has 1 aliphatic heterocycles. The maximum absolute atomic E-state index is 11.6. The smallest absolute Gasteiger partial charge is 0.356 e. The molecule has 116 valence electrons. The number of likely N-dealkylation sites (tertiary alicyclic amines) is 1. The lowest BCUT2D eigenvalue weighted by Crippen LogP contribution is -2.39. The number of imidazole rings is 1. The first-order valence-corrected chi connectivity index (χ1v) is 7.00. The number of aromatic carboxylic acids is 1. The van der Waals surface area contributed by atoms with Crippen molar-refractivity contribution in [2.45, 2.75) is 13.0 Å². The zero-order valence-corrected chi connectivity index (χ0v) is 12.1. The lowest BCUT2D eigenvalue weighted by atomic mass is 10.1. The Balaban J connectivity index is 1.61. The number of carboxylic acids is 1. The van der Waals surface area contributed by atoms with Crippen LogP contribution in [0.15, 0.2) is 12.5 Å².